The van der Waals surface area contributed by atoms with Gasteiger partial charge in [-0.1, -0.05) is 13.3 Å². The Bertz CT molecular complexity index is 230. The molecule has 0 aromatic heterocycles. The van der Waals surface area contributed by atoms with E-state index in [2.05, 4.69) is 0 Å². The van der Waals surface area contributed by atoms with Gasteiger partial charge in [0.1, 0.15) is 6.23 Å². The minimum atomic E-state index is -0.491. The van der Waals surface area contributed by atoms with Gasteiger partial charge >= 0.3 is 0 Å². The van der Waals surface area contributed by atoms with Gasteiger partial charge in [-0.05, 0) is 12.8 Å². The first-order valence-electron chi connectivity index (χ1n) is 5.78. The van der Waals surface area contributed by atoms with E-state index in [1.165, 1.54) is 4.90 Å². The zero-order valence-corrected chi connectivity index (χ0v) is 9.65. The molecular formula is C11H19NO4. The quantitative estimate of drug-likeness (QED) is 0.651. The van der Waals surface area contributed by atoms with Crippen LogP contribution in [0.4, 0.5) is 0 Å². The first kappa shape index (κ1) is 13.1. The topological polar surface area (TPSA) is 66.8 Å². The summed E-state index contributed by atoms with van der Waals surface area (Å²) in [6.07, 6.45) is 2.60. The molecule has 0 bridgehead atoms. The summed E-state index contributed by atoms with van der Waals surface area (Å²) < 4.78 is 5.35. The number of aliphatic hydroxyl groups is 1. The number of aliphatic hydroxyl groups excluding tert-OH is 1. The van der Waals surface area contributed by atoms with Gasteiger partial charge in [0.25, 0.3) is 0 Å². The molecule has 1 rings (SSSR count). The van der Waals surface area contributed by atoms with Crippen molar-refractivity contribution in [1.82, 2.24) is 4.90 Å². The summed E-state index contributed by atoms with van der Waals surface area (Å²) in [5.41, 5.74) is 0. The first-order valence-corrected chi connectivity index (χ1v) is 5.78. The summed E-state index contributed by atoms with van der Waals surface area (Å²) in [5.74, 6) is -0.326. The fraction of sp³-hybridized carbons (Fsp3) is 0.818. The zero-order valence-electron chi connectivity index (χ0n) is 9.65. The van der Waals surface area contributed by atoms with Crippen molar-refractivity contribution in [3.63, 3.8) is 0 Å². The minimum absolute atomic E-state index is 0.0984. The highest BCUT2D eigenvalue weighted by atomic mass is 16.5. The Morgan fingerprint density at radius 3 is 2.50 bits per heavy atom. The van der Waals surface area contributed by atoms with Gasteiger partial charge in [0.15, 0.2) is 0 Å². The van der Waals surface area contributed by atoms with E-state index in [-0.39, 0.29) is 37.9 Å². The van der Waals surface area contributed by atoms with Crippen LogP contribution < -0.4 is 0 Å². The molecule has 1 N–H and O–H groups in total. The SMILES string of the molecule is CCCCC(OCCO)N1C(=O)CCC1=O. The zero-order chi connectivity index (χ0) is 12.0. The van der Waals surface area contributed by atoms with Crippen molar-refractivity contribution in [1.29, 1.82) is 0 Å². The molecular weight excluding hydrogens is 210 g/mol. The Morgan fingerprint density at radius 1 is 1.38 bits per heavy atom. The second-order valence-electron chi connectivity index (χ2n) is 3.85. The lowest BCUT2D eigenvalue weighted by Crippen LogP contribution is -2.41. The average Bonchev–Trinajstić information content (AvgIpc) is 2.60. The van der Waals surface area contributed by atoms with E-state index in [1.807, 2.05) is 6.92 Å². The van der Waals surface area contributed by atoms with Crippen molar-refractivity contribution in [3.8, 4) is 0 Å². The molecule has 1 atom stereocenters. The third-order valence-electron chi connectivity index (χ3n) is 2.58. The molecule has 0 saturated carbocycles. The summed E-state index contributed by atoms with van der Waals surface area (Å²) >= 11 is 0. The monoisotopic (exact) mass is 229 g/mol. The number of hydrogen-bond donors (Lipinski definition) is 1. The van der Waals surface area contributed by atoms with E-state index in [9.17, 15) is 9.59 Å². The lowest BCUT2D eigenvalue weighted by molar-refractivity contribution is -0.155. The predicted molar refractivity (Wildman–Crippen MR) is 57.4 cm³/mol. The van der Waals surface area contributed by atoms with Crippen molar-refractivity contribution in [3.05, 3.63) is 0 Å². The van der Waals surface area contributed by atoms with Crippen LogP contribution in [0.1, 0.15) is 39.0 Å². The van der Waals surface area contributed by atoms with Gasteiger partial charge in [0.05, 0.1) is 13.2 Å². The van der Waals surface area contributed by atoms with Crippen molar-refractivity contribution >= 4 is 11.8 Å². The predicted octanol–water partition coefficient (Wildman–Crippen LogP) is 0.661. The van der Waals surface area contributed by atoms with E-state index in [1.54, 1.807) is 0 Å². The summed E-state index contributed by atoms with van der Waals surface area (Å²) in [6, 6.07) is 0. The molecule has 1 heterocycles. The molecule has 1 saturated heterocycles. The van der Waals surface area contributed by atoms with Crippen LogP contribution in [0.2, 0.25) is 0 Å². The summed E-state index contributed by atoms with van der Waals surface area (Å²) in [6.45, 7) is 2.10. The number of nitrogens with zero attached hydrogens (tertiary/aromatic N) is 1. The summed E-state index contributed by atoms with van der Waals surface area (Å²) in [5, 5.41) is 8.70. The standard InChI is InChI=1S/C11H19NO4/c1-2-3-4-11(16-8-7-13)12-9(14)5-6-10(12)15/h11,13H,2-8H2,1H3. The minimum Gasteiger partial charge on any atom is -0.394 e. The van der Waals surface area contributed by atoms with Gasteiger partial charge < -0.3 is 9.84 Å². The van der Waals surface area contributed by atoms with Crippen LogP contribution in [0.3, 0.4) is 0 Å². The third-order valence-corrected chi connectivity index (χ3v) is 2.58. The molecule has 1 fully saturated rings. The molecule has 1 aliphatic rings. The second-order valence-corrected chi connectivity index (χ2v) is 3.85. The maximum atomic E-state index is 11.5. The highest BCUT2D eigenvalue weighted by Gasteiger charge is 2.35. The van der Waals surface area contributed by atoms with Crippen molar-refractivity contribution in [2.45, 2.75) is 45.3 Å². The smallest absolute Gasteiger partial charge is 0.231 e. The Labute approximate surface area is 95.4 Å². The number of amides is 2. The number of hydrogen-bond acceptors (Lipinski definition) is 4. The molecule has 16 heavy (non-hydrogen) atoms. The summed E-state index contributed by atoms with van der Waals surface area (Å²) in [7, 11) is 0. The van der Waals surface area contributed by atoms with Gasteiger partial charge in [-0.15, -0.1) is 0 Å². The third kappa shape index (κ3) is 3.28. The first-order chi connectivity index (χ1) is 7.70. The van der Waals surface area contributed by atoms with E-state index in [0.29, 0.717) is 6.42 Å². The van der Waals surface area contributed by atoms with Gasteiger partial charge in [0, 0.05) is 12.8 Å². The molecule has 0 radical (unpaired) electrons. The number of rotatable bonds is 7. The van der Waals surface area contributed by atoms with E-state index < -0.39 is 6.23 Å². The van der Waals surface area contributed by atoms with Crippen LogP contribution in [-0.2, 0) is 14.3 Å². The molecule has 92 valence electrons. The number of likely N-dealkylation sites (tertiary alicyclic amines) is 1. The van der Waals surface area contributed by atoms with Crippen LogP contribution >= 0.6 is 0 Å². The fourth-order valence-electron chi connectivity index (χ4n) is 1.77. The maximum Gasteiger partial charge on any atom is 0.231 e. The lowest BCUT2D eigenvalue weighted by Gasteiger charge is -2.25. The number of ether oxygens (including phenoxy) is 1. The molecule has 0 aromatic rings. The molecule has 5 heteroatoms. The average molecular weight is 229 g/mol. The van der Waals surface area contributed by atoms with Crippen LogP contribution in [0, 0.1) is 0 Å². The highest BCUT2D eigenvalue weighted by molar-refractivity contribution is 6.02. The molecule has 0 aliphatic carbocycles. The molecule has 5 nitrogen and oxygen atoms in total. The van der Waals surface area contributed by atoms with Gasteiger partial charge in [0.2, 0.25) is 11.8 Å². The lowest BCUT2D eigenvalue weighted by atomic mass is 10.2. The van der Waals surface area contributed by atoms with Gasteiger partial charge in [-0.25, -0.2) is 0 Å². The number of unbranched alkanes of at least 4 members (excludes halogenated alkanes) is 1. The van der Waals surface area contributed by atoms with Crippen molar-refractivity contribution in [2.75, 3.05) is 13.2 Å². The van der Waals surface area contributed by atoms with Crippen molar-refractivity contribution in [2.24, 2.45) is 0 Å². The fourth-order valence-corrected chi connectivity index (χ4v) is 1.77. The van der Waals surface area contributed by atoms with Crippen LogP contribution in [0.5, 0.6) is 0 Å². The number of imide groups is 1. The number of carbonyl (C=O) groups excluding carboxylic acids is 2. The second kappa shape index (κ2) is 6.60. The molecule has 2 amide bonds. The normalized spacial score (nSPS) is 18.2. The molecule has 0 aromatic carbocycles. The number of carbonyl (C=O) groups is 2. The Balaban J connectivity index is 2.58. The van der Waals surface area contributed by atoms with Gasteiger partial charge in [-0.2, -0.15) is 0 Å². The Hall–Kier alpha value is -0.940. The van der Waals surface area contributed by atoms with E-state index in [4.69, 9.17) is 9.84 Å². The Morgan fingerprint density at radius 2 is 2.00 bits per heavy atom. The molecule has 1 aliphatic heterocycles. The Kier molecular flexibility index (Phi) is 5.42. The largest absolute Gasteiger partial charge is 0.394 e. The molecule has 1 unspecified atom stereocenters. The van der Waals surface area contributed by atoms with Crippen LogP contribution in [0.25, 0.3) is 0 Å². The molecule has 0 spiro atoms. The highest BCUT2D eigenvalue weighted by Crippen LogP contribution is 2.19. The van der Waals surface area contributed by atoms with E-state index >= 15 is 0 Å². The van der Waals surface area contributed by atoms with Crippen LogP contribution in [0.15, 0.2) is 0 Å². The summed E-state index contributed by atoms with van der Waals surface area (Å²) in [4.78, 5) is 24.2. The van der Waals surface area contributed by atoms with Crippen LogP contribution in [-0.4, -0.2) is 41.3 Å². The maximum absolute atomic E-state index is 11.5. The van der Waals surface area contributed by atoms with Gasteiger partial charge in [-0.3, -0.25) is 14.5 Å². The van der Waals surface area contributed by atoms with E-state index in [0.717, 1.165) is 12.8 Å². The van der Waals surface area contributed by atoms with Crippen molar-refractivity contribution < 1.29 is 19.4 Å².